The van der Waals surface area contributed by atoms with E-state index in [4.69, 9.17) is 4.74 Å². The Morgan fingerprint density at radius 3 is 2.38 bits per heavy atom. The summed E-state index contributed by atoms with van der Waals surface area (Å²) in [4.78, 5) is 0. The van der Waals surface area contributed by atoms with Crippen LogP contribution in [0.25, 0.3) is 0 Å². The third-order valence-corrected chi connectivity index (χ3v) is 7.18. The fourth-order valence-corrected chi connectivity index (χ4v) is 5.08. The van der Waals surface area contributed by atoms with Crippen molar-refractivity contribution in [2.75, 3.05) is 6.61 Å². The maximum Gasteiger partial charge on any atom is 0.214 e. The van der Waals surface area contributed by atoms with E-state index in [1.807, 2.05) is 12.1 Å². The molecule has 24 heavy (non-hydrogen) atoms. The number of benzene rings is 1. The lowest BCUT2D eigenvalue weighted by molar-refractivity contribution is 0.180. The molecule has 0 amide bonds. The second kappa shape index (κ2) is 7.44. The Morgan fingerprint density at radius 1 is 1.08 bits per heavy atom. The average Bonchev–Trinajstić information content (AvgIpc) is 3.39. The molecule has 1 N–H and O–H groups in total. The summed E-state index contributed by atoms with van der Waals surface area (Å²) in [5, 5.41) is -0.149. The number of ether oxygens (including phenoxy) is 1. The second-order valence-electron chi connectivity index (χ2n) is 7.55. The maximum absolute atomic E-state index is 12.2. The van der Waals surface area contributed by atoms with Crippen LogP contribution in [0.5, 0.6) is 5.75 Å². The van der Waals surface area contributed by atoms with E-state index in [1.165, 1.54) is 5.56 Å². The average molecular weight is 352 g/mol. The first kappa shape index (κ1) is 17.7. The van der Waals surface area contributed by atoms with Crippen molar-refractivity contribution in [3.63, 3.8) is 0 Å². The fraction of sp³-hybridized carbons (Fsp3) is 0.684. The van der Waals surface area contributed by atoms with E-state index >= 15 is 0 Å². The SMILES string of the molecule is CC(C)c1ccc(OCC2CCCCC2NS(=O)(=O)C2CC2)cc1. The number of hydrogen-bond donors (Lipinski definition) is 1. The molecule has 0 radical (unpaired) electrons. The highest BCUT2D eigenvalue weighted by atomic mass is 32.2. The molecule has 0 aliphatic heterocycles. The molecule has 0 heterocycles. The van der Waals surface area contributed by atoms with Crippen LogP contribution in [0.2, 0.25) is 0 Å². The first-order valence-corrected chi connectivity index (χ1v) is 10.7. The second-order valence-corrected chi connectivity index (χ2v) is 9.54. The topological polar surface area (TPSA) is 55.4 Å². The minimum atomic E-state index is -3.12. The van der Waals surface area contributed by atoms with Crippen molar-refractivity contribution in [3.8, 4) is 5.75 Å². The van der Waals surface area contributed by atoms with Gasteiger partial charge in [0.15, 0.2) is 0 Å². The summed E-state index contributed by atoms with van der Waals surface area (Å²) in [7, 11) is -3.12. The Bertz CT molecular complexity index is 635. The van der Waals surface area contributed by atoms with Crippen molar-refractivity contribution in [2.45, 2.75) is 69.6 Å². The van der Waals surface area contributed by atoms with Gasteiger partial charge < -0.3 is 4.74 Å². The summed E-state index contributed by atoms with van der Waals surface area (Å²) < 4.78 is 33.4. The van der Waals surface area contributed by atoms with Crippen molar-refractivity contribution in [2.24, 2.45) is 5.92 Å². The van der Waals surface area contributed by atoms with Crippen molar-refractivity contribution in [1.29, 1.82) is 0 Å². The summed E-state index contributed by atoms with van der Waals surface area (Å²) in [6.07, 6.45) is 5.82. The largest absolute Gasteiger partial charge is 0.493 e. The molecular weight excluding hydrogens is 322 g/mol. The Morgan fingerprint density at radius 2 is 1.75 bits per heavy atom. The van der Waals surface area contributed by atoms with Gasteiger partial charge in [0.1, 0.15) is 5.75 Å². The van der Waals surface area contributed by atoms with Gasteiger partial charge in [0.25, 0.3) is 0 Å². The first-order chi connectivity index (χ1) is 11.5. The molecule has 0 aromatic heterocycles. The Hall–Kier alpha value is -1.07. The molecule has 2 saturated carbocycles. The molecule has 1 aromatic carbocycles. The van der Waals surface area contributed by atoms with Crippen LogP contribution in [0, 0.1) is 5.92 Å². The van der Waals surface area contributed by atoms with E-state index in [0.29, 0.717) is 12.5 Å². The van der Waals surface area contributed by atoms with E-state index < -0.39 is 10.0 Å². The quantitative estimate of drug-likeness (QED) is 0.812. The van der Waals surface area contributed by atoms with E-state index in [0.717, 1.165) is 44.3 Å². The minimum absolute atomic E-state index is 0.0271. The van der Waals surface area contributed by atoms with Gasteiger partial charge in [0, 0.05) is 12.0 Å². The van der Waals surface area contributed by atoms with Gasteiger partial charge in [-0.25, -0.2) is 13.1 Å². The third kappa shape index (κ3) is 4.51. The highest BCUT2D eigenvalue weighted by molar-refractivity contribution is 7.90. The number of sulfonamides is 1. The third-order valence-electron chi connectivity index (χ3n) is 5.20. The van der Waals surface area contributed by atoms with E-state index in [1.54, 1.807) is 0 Å². The predicted octanol–water partition coefficient (Wildman–Crippen LogP) is 3.83. The zero-order valence-corrected chi connectivity index (χ0v) is 15.5. The highest BCUT2D eigenvalue weighted by Crippen LogP contribution is 2.31. The lowest BCUT2D eigenvalue weighted by Crippen LogP contribution is -2.45. The summed E-state index contributed by atoms with van der Waals surface area (Å²) in [5.41, 5.74) is 1.30. The fourth-order valence-electron chi connectivity index (χ4n) is 3.40. The molecule has 5 heteroatoms. The van der Waals surface area contributed by atoms with Crippen LogP contribution in [-0.2, 0) is 10.0 Å². The molecule has 2 unspecified atom stereocenters. The molecule has 134 valence electrons. The molecule has 1 aromatic rings. The normalized spacial score (nSPS) is 25.0. The smallest absolute Gasteiger partial charge is 0.214 e. The molecule has 0 saturated heterocycles. The Labute approximate surface area is 146 Å². The van der Waals surface area contributed by atoms with Crippen LogP contribution in [0.3, 0.4) is 0 Å². The van der Waals surface area contributed by atoms with Crippen LogP contribution in [0.1, 0.15) is 63.9 Å². The van der Waals surface area contributed by atoms with Gasteiger partial charge in [-0.2, -0.15) is 0 Å². The standard InChI is InChI=1S/C19H29NO3S/c1-14(2)15-7-9-17(10-8-15)23-13-16-5-3-4-6-19(16)20-24(21,22)18-11-12-18/h7-10,14,16,18-20H,3-6,11-13H2,1-2H3. The van der Waals surface area contributed by atoms with Gasteiger partial charge in [-0.1, -0.05) is 38.8 Å². The minimum Gasteiger partial charge on any atom is -0.493 e. The van der Waals surface area contributed by atoms with Crippen molar-refractivity contribution >= 4 is 10.0 Å². The van der Waals surface area contributed by atoms with Gasteiger partial charge in [-0.15, -0.1) is 0 Å². The van der Waals surface area contributed by atoms with E-state index in [2.05, 4.69) is 30.7 Å². The van der Waals surface area contributed by atoms with Crippen LogP contribution in [-0.4, -0.2) is 26.3 Å². The van der Waals surface area contributed by atoms with Crippen LogP contribution < -0.4 is 9.46 Å². The van der Waals surface area contributed by atoms with Crippen molar-refractivity contribution < 1.29 is 13.2 Å². The van der Waals surface area contributed by atoms with E-state index in [9.17, 15) is 8.42 Å². The van der Waals surface area contributed by atoms with Gasteiger partial charge >= 0.3 is 0 Å². The molecule has 0 bridgehead atoms. The summed E-state index contributed by atoms with van der Waals surface area (Å²) in [5.74, 6) is 1.64. The predicted molar refractivity (Wildman–Crippen MR) is 96.8 cm³/mol. The zero-order valence-electron chi connectivity index (χ0n) is 14.7. The monoisotopic (exact) mass is 351 g/mol. The van der Waals surface area contributed by atoms with Crippen LogP contribution in [0.15, 0.2) is 24.3 Å². The highest BCUT2D eigenvalue weighted by Gasteiger charge is 2.39. The van der Waals surface area contributed by atoms with Crippen molar-refractivity contribution in [1.82, 2.24) is 4.72 Å². The molecule has 2 atom stereocenters. The van der Waals surface area contributed by atoms with Crippen LogP contribution >= 0.6 is 0 Å². The molecule has 2 aliphatic rings. The van der Waals surface area contributed by atoms with Gasteiger partial charge in [0.2, 0.25) is 10.0 Å². The van der Waals surface area contributed by atoms with Gasteiger partial charge in [-0.3, -0.25) is 0 Å². The number of nitrogens with one attached hydrogen (secondary N) is 1. The Balaban J connectivity index is 1.57. The zero-order chi connectivity index (χ0) is 17.2. The first-order valence-electron chi connectivity index (χ1n) is 9.19. The van der Waals surface area contributed by atoms with Gasteiger partial charge in [-0.05, 0) is 49.3 Å². The molecule has 2 aliphatic carbocycles. The van der Waals surface area contributed by atoms with Crippen molar-refractivity contribution in [3.05, 3.63) is 29.8 Å². The number of rotatable bonds is 7. The van der Waals surface area contributed by atoms with E-state index in [-0.39, 0.29) is 17.2 Å². The summed E-state index contributed by atoms with van der Waals surface area (Å²) in [6, 6.07) is 8.27. The molecular formula is C19H29NO3S. The van der Waals surface area contributed by atoms with Crippen LogP contribution in [0.4, 0.5) is 0 Å². The maximum atomic E-state index is 12.2. The summed E-state index contributed by atoms with van der Waals surface area (Å²) in [6.45, 7) is 4.93. The lowest BCUT2D eigenvalue weighted by Gasteiger charge is -2.31. The lowest BCUT2D eigenvalue weighted by atomic mass is 9.86. The summed E-state index contributed by atoms with van der Waals surface area (Å²) >= 11 is 0. The number of hydrogen-bond acceptors (Lipinski definition) is 3. The molecule has 0 spiro atoms. The Kier molecular flexibility index (Phi) is 5.50. The molecule has 4 nitrogen and oxygen atoms in total. The molecule has 2 fully saturated rings. The molecule has 3 rings (SSSR count). The van der Waals surface area contributed by atoms with Gasteiger partial charge in [0.05, 0.1) is 11.9 Å².